The third kappa shape index (κ3) is 3.82. The Morgan fingerprint density at radius 3 is 2.71 bits per heavy atom. The van der Waals surface area contributed by atoms with Gasteiger partial charge in [-0.15, -0.1) is 0 Å². The molecule has 0 radical (unpaired) electrons. The first-order valence-electron chi connectivity index (χ1n) is 7.03. The second-order valence-corrected chi connectivity index (χ2v) is 7.52. The largest absolute Gasteiger partial charge is 0.320 e. The van der Waals surface area contributed by atoms with E-state index in [-0.39, 0.29) is 16.9 Å². The zero-order valence-corrected chi connectivity index (χ0v) is 13.2. The Balaban J connectivity index is 2.13. The van der Waals surface area contributed by atoms with Crippen molar-refractivity contribution in [2.75, 3.05) is 13.1 Å². The Bertz CT molecular complexity index is 668. The highest BCUT2D eigenvalue weighted by Gasteiger charge is 2.45. The van der Waals surface area contributed by atoms with Crippen molar-refractivity contribution in [3.05, 3.63) is 24.0 Å². The zero-order chi connectivity index (χ0) is 15.5. The molecule has 1 fully saturated rings. The van der Waals surface area contributed by atoms with Gasteiger partial charge in [-0.2, -0.15) is 0 Å². The summed E-state index contributed by atoms with van der Waals surface area (Å²) in [5.41, 5.74) is 5.98. The second kappa shape index (κ2) is 6.14. The molecule has 114 valence electrons. The number of sulfonamides is 1. The van der Waals surface area contributed by atoms with Crippen LogP contribution >= 0.6 is 0 Å². The van der Waals surface area contributed by atoms with E-state index in [0.29, 0.717) is 18.0 Å². The predicted octanol–water partition coefficient (Wildman–Crippen LogP) is 1.11. The van der Waals surface area contributed by atoms with E-state index in [1.165, 1.54) is 18.5 Å². The molecule has 0 atom stereocenters. The zero-order valence-electron chi connectivity index (χ0n) is 12.4. The summed E-state index contributed by atoms with van der Waals surface area (Å²) in [6.07, 6.45) is 5.02. The molecular formula is C15H21N3O2S. The molecule has 0 unspecified atom stereocenters. The summed E-state index contributed by atoms with van der Waals surface area (Å²) >= 11 is 0. The summed E-state index contributed by atoms with van der Waals surface area (Å²) < 4.78 is 27.4. The van der Waals surface area contributed by atoms with Crippen LogP contribution in [0.1, 0.15) is 32.3 Å². The van der Waals surface area contributed by atoms with Crippen LogP contribution in [0.2, 0.25) is 0 Å². The van der Waals surface area contributed by atoms with E-state index < -0.39 is 10.0 Å². The number of hydrogen-bond donors (Lipinski definition) is 2. The molecule has 1 aliphatic carbocycles. The molecule has 1 aliphatic rings. The van der Waals surface area contributed by atoms with Gasteiger partial charge in [0.2, 0.25) is 10.0 Å². The van der Waals surface area contributed by atoms with Crippen molar-refractivity contribution in [2.24, 2.45) is 17.1 Å². The van der Waals surface area contributed by atoms with Crippen molar-refractivity contribution in [3.8, 4) is 11.8 Å². The Kier molecular flexibility index (Phi) is 4.67. The highest BCUT2D eigenvalue weighted by Crippen LogP contribution is 2.51. The van der Waals surface area contributed by atoms with Crippen molar-refractivity contribution in [1.82, 2.24) is 9.71 Å². The van der Waals surface area contributed by atoms with Crippen molar-refractivity contribution in [3.63, 3.8) is 0 Å². The van der Waals surface area contributed by atoms with E-state index in [1.54, 1.807) is 0 Å². The van der Waals surface area contributed by atoms with Crippen molar-refractivity contribution in [1.29, 1.82) is 0 Å². The van der Waals surface area contributed by atoms with Crippen LogP contribution in [0.5, 0.6) is 0 Å². The second-order valence-electron chi connectivity index (χ2n) is 5.76. The van der Waals surface area contributed by atoms with Crippen molar-refractivity contribution in [2.45, 2.75) is 31.6 Å². The summed E-state index contributed by atoms with van der Waals surface area (Å²) in [7, 11) is -3.55. The maximum Gasteiger partial charge on any atom is 0.242 e. The number of nitrogens with one attached hydrogen (secondary N) is 1. The van der Waals surface area contributed by atoms with Gasteiger partial charge in [0.25, 0.3) is 0 Å². The van der Waals surface area contributed by atoms with Crippen LogP contribution in [-0.2, 0) is 10.0 Å². The maximum atomic E-state index is 12.3. The average Bonchev–Trinajstić information content (AvgIpc) is 3.25. The number of aromatic nitrogens is 1. The van der Waals surface area contributed by atoms with Crippen LogP contribution in [0.4, 0.5) is 0 Å². The van der Waals surface area contributed by atoms with Gasteiger partial charge in [-0.1, -0.05) is 25.7 Å². The molecule has 2 rings (SSSR count). The molecule has 0 saturated heterocycles. The molecule has 6 heteroatoms. The monoisotopic (exact) mass is 307 g/mol. The first-order valence-corrected chi connectivity index (χ1v) is 8.52. The first kappa shape index (κ1) is 16.0. The van der Waals surface area contributed by atoms with Gasteiger partial charge in [0.15, 0.2) is 0 Å². The van der Waals surface area contributed by atoms with Gasteiger partial charge in [0.1, 0.15) is 4.90 Å². The molecule has 0 aromatic carbocycles. The molecule has 21 heavy (non-hydrogen) atoms. The standard InChI is InChI=1S/C15H21N3O2S/c1-12(2)15(5-6-15)11-18-21(19,20)14-8-13(4-3-7-16)9-17-10-14/h8-10,12,18H,5-7,11,16H2,1-2H3. The quantitative estimate of drug-likeness (QED) is 0.798. The van der Waals surface area contributed by atoms with Gasteiger partial charge in [-0.05, 0) is 30.2 Å². The predicted molar refractivity (Wildman–Crippen MR) is 81.9 cm³/mol. The molecule has 0 aliphatic heterocycles. The summed E-state index contributed by atoms with van der Waals surface area (Å²) in [6, 6.07) is 1.52. The molecule has 1 aromatic heterocycles. The number of nitrogens with zero attached hydrogens (tertiary/aromatic N) is 1. The summed E-state index contributed by atoms with van der Waals surface area (Å²) in [5, 5.41) is 0. The minimum Gasteiger partial charge on any atom is -0.320 e. The topological polar surface area (TPSA) is 85.1 Å². The normalized spacial score (nSPS) is 16.4. The van der Waals surface area contributed by atoms with Crippen LogP contribution in [0.15, 0.2) is 23.4 Å². The third-order valence-electron chi connectivity index (χ3n) is 4.09. The van der Waals surface area contributed by atoms with Gasteiger partial charge in [0.05, 0.1) is 6.54 Å². The van der Waals surface area contributed by atoms with Gasteiger partial charge in [-0.25, -0.2) is 13.1 Å². The van der Waals surface area contributed by atoms with Gasteiger partial charge in [0, 0.05) is 24.5 Å². The lowest BCUT2D eigenvalue weighted by molar-refractivity contribution is 0.357. The lowest BCUT2D eigenvalue weighted by Crippen LogP contribution is -2.32. The fraction of sp³-hybridized carbons (Fsp3) is 0.533. The molecule has 0 bridgehead atoms. The molecule has 1 heterocycles. The van der Waals surface area contributed by atoms with E-state index in [4.69, 9.17) is 5.73 Å². The van der Waals surface area contributed by atoms with Gasteiger partial charge < -0.3 is 5.73 Å². The van der Waals surface area contributed by atoms with Crippen LogP contribution in [-0.4, -0.2) is 26.5 Å². The third-order valence-corrected chi connectivity index (χ3v) is 5.46. The fourth-order valence-electron chi connectivity index (χ4n) is 2.23. The molecule has 0 spiro atoms. The number of hydrogen-bond acceptors (Lipinski definition) is 4. The Morgan fingerprint density at radius 1 is 1.43 bits per heavy atom. The molecule has 3 N–H and O–H groups in total. The minimum atomic E-state index is -3.55. The van der Waals surface area contributed by atoms with Crippen molar-refractivity contribution >= 4 is 10.0 Å². The Hall–Kier alpha value is -1.42. The summed E-state index contributed by atoms with van der Waals surface area (Å²) in [5.74, 6) is 5.95. The lowest BCUT2D eigenvalue weighted by atomic mass is 9.93. The highest BCUT2D eigenvalue weighted by atomic mass is 32.2. The molecule has 0 amide bonds. The first-order chi connectivity index (χ1) is 9.89. The van der Waals surface area contributed by atoms with Gasteiger partial charge in [-0.3, -0.25) is 4.98 Å². The average molecular weight is 307 g/mol. The minimum absolute atomic E-state index is 0.122. The van der Waals surface area contributed by atoms with E-state index >= 15 is 0 Å². The van der Waals surface area contributed by atoms with Crippen LogP contribution < -0.4 is 10.5 Å². The number of rotatable bonds is 5. The molecule has 1 saturated carbocycles. The number of nitrogens with two attached hydrogens (primary N) is 1. The smallest absolute Gasteiger partial charge is 0.242 e. The molecule has 5 nitrogen and oxygen atoms in total. The SMILES string of the molecule is CC(C)C1(CNS(=O)(=O)c2cncc(C#CCN)c2)CC1. The Morgan fingerprint density at radius 2 is 2.14 bits per heavy atom. The highest BCUT2D eigenvalue weighted by molar-refractivity contribution is 7.89. The summed E-state index contributed by atoms with van der Waals surface area (Å²) in [4.78, 5) is 4.08. The van der Waals surface area contributed by atoms with Crippen LogP contribution in [0.3, 0.4) is 0 Å². The van der Waals surface area contributed by atoms with E-state index in [0.717, 1.165) is 12.8 Å². The maximum absolute atomic E-state index is 12.3. The van der Waals surface area contributed by atoms with E-state index in [2.05, 4.69) is 35.4 Å². The van der Waals surface area contributed by atoms with Crippen LogP contribution in [0, 0.1) is 23.2 Å². The molecular weight excluding hydrogens is 286 g/mol. The van der Waals surface area contributed by atoms with Gasteiger partial charge >= 0.3 is 0 Å². The Labute approximate surface area is 126 Å². The summed E-state index contributed by atoms with van der Waals surface area (Å²) in [6.45, 7) is 4.97. The van der Waals surface area contributed by atoms with Crippen LogP contribution in [0.25, 0.3) is 0 Å². The van der Waals surface area contributed by atoms with E-state index in [9.17, 15) is 8.42 Å². The fourth-order valence-corrected chi connectivity index (χ4v) is 3.35. The van der Waals surface area contributed by atoms with E-state index in [1.807, 2.05) is 0 Å². The molecule has 1 aromatic rings. The van der Waals surface area contributed by atoms with Crippen molar-refractivity contribution < 1.29 is 8.42 Å². The lowest BCUT2D eigenvalue weighted by Gasteiger charge is -2.19. The number of pyridine rings is 1.